The van der Waals surface area contributed by atoms with E-state index in [1.54, 1.807) is 0 Å². The molecule has 2 aliphatic rings. The average molecular weight is 402 g/mol. The lowest BCUT2D eigenvalue weighted by Crippen LogP contribution is -2.18. The van der Waals surface area contributed by atoms with E-state index < -0.39 is 0 Å². The van der Waals surface area contributed by atoms with Gasteiger partial charge in [-0.1, -0.05) is 30.0 Å². The largest absolute Gasteiger partial charge is 0.283 e. The van der Waals surface area contributed by atoms with E-state index in [1.807, 2.05) is 22.8 Å². The van der Waals surface area contributed by atoms with Gasteiger partial charge in [0.15, 0.2) is 0 Å². The zero-order chi connectivity index (χ0) is 19.8. The molecule has 0 amide bonds. The molecule has 0 fully saturated rings. The van der Waals surface area contributed by atoms with Crippen LogP contribution in [0.25, 0.3) is 10.9 Å². The van der Waals surface area contributed by atoms with Crippen molar-refractivity contribution in [3.63, 3.8) is 0 Å². The molecule has 0 spiro atoms. The van der Waals surface area contributed by atoms with Gasteiger partial charge in [-0.25, -0.2) is 4.98 Å². The van der Waals surface area contributed by atoms with Crippen molar-refractivity contribution in [3.05, 3.63) is 58.4 Å². The Morgan fingerprint density at radius 2 is 1.90 bits per heavy atom. The highest BCUT2D eigenvalue weighted by Gasteiger charge is 2.24. The highest BCUT2D eigenvalue weighted by Crippen LogP contribution is 2.33. The van der Waals surface area contributed by atoms with Crippen molar-refractivity contribution in [1.29, 1.82) is 5.26 Å². The van der Waals surface area contributed by atoms with Gasteiger partial charge in [-0.2, -0.15) is 5.26 Å². The molecule has 5 heteroatoms. The first kappa shape index (κ1) is 18.4. The van der Waals surface area contributed by atoms with Gasteiger partial charge in [-0.3, -0.25) is 9.36 Å². The number of nitriles is 1. The van der Waals surface area contributed by atoms with E-state index >= 15 is 0 Å². The van der Waals surface area contributed by atoms with Gasteiger partial charge in [-0.15, -0.1) is 0 Å². The molecule has 146 valence electrons. The first-order valence-electron chi connectivity index (χ1n) is 10.5. The number of fused-ring (bicyclic) bond motifs is 4. The smallest absolute Gasteiger partial charge is 0.241 e. The van der Waals surface area contributed by atoms with Gasteiger partial charge in [0.1, 0.15) is 11.1 Å². The van der Waals surface area contributed by atoms with Crippen LogP contribution in [0.4, 0.5) is 0 Å². The fourth-order valence-corrected chi connectivity index (χ4v) is 5.60. The minimum absolute atomic E-state index is 0.0813. The van der Waals surface area contributed by atoms with Crippen LogP contribution in [0, 0.1) is 11.3 Å². The van der Waals surface area contributed by atoms with Gasteiger partial charge in [0.2, 0.25) is 5.91 Å². The molecule has 4 nitrogen and oxygen atoms in total. The summed E-state index contributed by atoms with van der Waals surface area (Å²) in [6, 6.07) is 12.5. The van der Waals surface area contributed by atoms with Gasteiger partial charge < -0.3 is 0 Å². The van der Waals surface area contributed by atoms with Gasteiger partial charge in [0.05, 0.1) is 16.8 Å². The number of hydrogen-bond acceptors (Lipinski definition) is 4. The summed E-state index contributed by atoms with van der Waals surface area (Å²) in [6.07, 6.45) is 8.62. The second kappa shape index (κ2) is 7.68. The fourth-order valence-electron chi connectivity index (χ4n) is 4.78. The fraction of sp³-hybridized carbons (Fsp3) is 0.375. The Morgan fingerprint density at radius 1 is 1.10 bits per heavy atom. The van der Waals surface area contributed by atoms with Crippen molar-refractivity contribution in [2.45, 2.75) is 56.4 Å². The number of thioether (sulfide) groups is 1. The van der Waals surface area contributed by atoms with Crippen LogP contribution >= 0.6 is 11.8 Å². The number of para-hydroxylation sites is 1. The summed E-state index contributed by atoms with van der Waals surface area (Å²) >= 11 is 1.41. The van der Waals surface area contributed by atoms with Crippen molar-refractivity contribution >= 4 is 28.6 Å². The van der Waals surface area contributed by atoms with Crippen LogP contribution in [0.1, 0.15) is 58.6 Å². The second-order valence-corrected chi connectivity index (χ2v) is 8.90. The van der Waals surface area contributed by atoms with Crippen LogP contribution < -0.4 is 0 Å². The normalized spacial score (nSPS) is 15.6. The molecule has 0 aliphatic heterocycles. The number of carbonyl (C=O) groups excluding carboxylic acids is 1. The van der Waals surface area contributed by atoms with Gasteiger partial charge in [0.25, 0.3) is 0 Å². The number of nitrogens with zero attached hydrogens (tertiary/aromatic N) is 3. The molecule has 0 N–H and O–H groups in total. The number of rotatable bonds is 3. The lowest BCUT2D eigenvalue weighted by Gasteiger charge is -2.17. The number of pyridine rings is 1. The van der Waals surface area contributed by atoms with E-state index in [1.165, 1.54) is 40.4 Å². The summed E-state index contributed by atoms with van der Waals surface area (Å²) in [7, 11) is 0. The van der Waals surface area contributed by atoms with Gasteiger partial charge in [0, 0.05) is 16.8 Å². The number of aryl methyl sites for hydroxylation is 3. The molecule has 5 rings (SSSR count). The topological polar surface area (TPSA) is 58.7 Å². The van der Waals surface area contributed by atoms with Crippen molar-refractivity contribution in [2.75, 3.05) is 5.75 Å². The van der Waals surface area contributed by atoms with Crippen LogP contribution in [-0.4, -0.2) is 21.2 Å². The zero-order valence-electron chi connectivity index (χ0n) is 16.4. The van der Waals surface area contributed by atoms with Crippen molar-refractivity contribution in [2.24, 2.45) is 0 Å². The van der Waals surface area contributed by atoms with E-state index in [-0.39, 0.29) is 5.91 Å². The molecule has 0 atom stereocenters. The quantitative estimate of drug-likeness (QED) is 0.573. The molecule has 3 aromatic rings. The molecule has 2 aromatic heterocycles. The first-order valence-corrected chi connectivity index (χ1v) is 11.4. The average Bonchev–Trinajstić information content (AvgIpc) is 3.11. The third kappa shape index (κ3) is 3.26. The molecule has 0 saturated heterocycles. The first-order chi connectivity index (χ1) is 14.3. The van der Waals surface area contributed by atoms with Crippen LogP contribution in [0.2, 0.25) is 0 Å². The van der Waals surface area contributed by atoms with Crippen molar-refractivity contribution < 1.29 is 4.79 Å². The summed E-state index contributed by atoms with van der Waals surface area (Å²) in [5.74, 6) is 0.378. The Labute approximate surface area is 174 Å². The molecule has 0 radical (unpaired) electrons. The summed E-state index contributed by atoms with van der Waals surface area (Å²) in [5.41, 5.74) is 6.45. The van der Waals surface area contributed by atoms with Gasteiger partial charge >= 0.3 is 0 Å². The maximum atomic E-state index is 13.3. The third-order valence-electron chi connectivity index (χ3n) is 6.15. The molecule has 29 heavy (non-hydrogen) atoms. The van der Waals surface area contributed by atoms with Crippen molar-refractivity contribution in [1.82, 2.24) is 9.55 Å². The molecule has 0 bridgehead atoms. The van der Waals surface area contributed by atoms with Gasteiger partial charge in [-0.05, 0) is 74.6 Å². The van der Waals surface area contributed by atoms with Crippen LogP contribution in [0.5, 0.6) is 0 Å². The van der Waals surface area contributed by atoms with E-state index in [2.05, 4.69) is 18.2 Å². The van der Waals surface area contributed by atoms with Crippen molar-refractivity contribution in [3.8, 4) is 6.07 Å². The highest BCUT2D eigenvalue weighted by atomic mass is 32.2. The van der Waals surface area contributed by atoms with Crippen LogP contribution in [0.15, 0.2) is 35.4 Å². The number of aromatic nitrogens is 2. The maximum Gasteiger partial charge on any atom is 0.241 e. The monoisotopic (exact) mass is 401 g/mol. The predicted molar refractivity (Wildman–Crippen MR) is 116 cm³/mol. The van der Waals surface area contributed by atoms with E-state index in [0.29, 0.717) is 16.3 Å². The third-order valence-corrected chi connectivity index (χ3v) is 7.12. The molecule has 2 aliphatic carbocycles. The Bertz CT molecular complexity index is 1160. The molecule has 0 unspecified atom stereocenters. The van der Waals surface area contributed by atoms with Crippen LogP contribution in [0.3, 0.4) is 0 Å². The number of carbonyl (C=O) groups is 1. The number of benzene rings is 1. The highest BCUT2D eigenvalue weighted by molar-refractivity contribution is 8.00. The standard InChI is InChI=1S/C24H23N3OS/c25-14-17-13-16-7-1-4-10-20(16)26-24(17)29-15-23(28)27-21-11-5-2-8-18(21)19-9-3-6-12-22(19)27/h2,5,8,11,13H,1,3-4,6-7,9-10,12,15H2. The summed E-state index contributed by atoms with van der Waals surface area (Å²) < 4.78 is 1.93. The Hall–Kier alpha value is -2.58. The van der Waals surface area contributed by atoms with E-state index in [4.69, 9.17) is 4.98 Å². The minimum atomic E-state index is 0.0813. The molecule has 1 aromatic carbocycles. The lowest BCUT2D eigenvalue weighted by atomic mass is 9.95. The number of hydrogen-bond donors (Lipinski definition) is 0. The maximum absolute atomic E-state index is 13.3. The molecular formula is C24H23N3OS. The Morgan fingerprint density at radius 3 is 2.79 bits per heavy atom. The summed E-state index contributed by atoms with van der Waals surface area (Å²) in [4.78, 5) is 18.1. The SMILES string of the molecule is N#Cc1cc2c(nc1SCC(=O)n1c3c(c4ccccc41)CCCC3)CCCC2. The minimum Gasteiger partial charge on any atom is -0.283 e. The molecule has 2 heterocycles. The van der Waals surface area contributed by atoms with E-state index in [9.17, 15) is 10.1 Å². The zero-order valence-corrected chi connectivity index (χ0v) is 17.2. The second-order valence-electron chi connectivity index (χ2n) is 7.93. The summed E-state index contributed by atoms with van der Waals surface area (Å²) in [5, 5.41) is 11.5. The van der Waals surface area contributed by atoms with E-state index in [0.717, 1.165) is 56.2 Å². The lowest BCUT2D eigenvalue weighted by molar-refractivity contribution is 0.0943. The summed E-state index contributed by atoms with van der Waals surface area (Å²) in [6.45, 7) is 0. The predicted octanol–water partition coefficient (Wildman–Crippen LogP) is 5.10. The molecule has 0 saturated carbocycles. The van der Waals surface area contributed by atoms with Crippen LogP contribution in [-0.2, 0) is 25.7 Å². The Balaban J connectivity index is 1.46. The molecular weight excluding hydrogens is 378 g/mol. The Kier molecular flexibility index (Phi) is 4.89.